The van der Waals surface area contributed by atoms with Crippen molar-refractivity contribution >= 4 is 28.8 Å². The van der Waals surface area contributed by atoms with E-state index in [2.05, 4.69) is 36.4 Å². The first kappa shape index (κ1) is 34.4. The predicted octanol–water partition coefficient (Wildman–Crippen LogP) is 3.77. The van der Waals surface area contributed by atoms with E-state index in [1.54, 1.807) is 12.4 Å². The maximum atomic E-state index is 10.9. The number of methoxy groups -OCH3 is 1. The minimum absolute atomic E-state index is 0. The predicted molar refractivity (Wildman–Crippen MR) is 121 cm³/mol. The van der Waals surface area contributed by atoms with Crippen LogP contribution in [0, 0.1) is 12.0 Å². The monoisotopic (exact) mass is 509 g/mol. The summed E-state index contributed by atoms with van der Waals surface area (Å²) >= 11 is 0. The van der Waals surface area contributed by atoms with E-state index >= 15 is 0 Å². The number of rotatable bonds is 3. The summed E-state index contributed by atoms with van der Waals surface area (Å²) in [7, 11) is 1.43. The Bertz CT molecular complexity index is 692. The molecule has 1 atom stereocenters. The van der Waals surface area contributed by atoms with Crippen molar-refractivity contribution in [1.29, 1.82) is 0 Å². The number of carbonyl (C=O) groups is 1. The van der Waals surface area contributed by atoms with Crippen LogP contribution in [0.25, 0.3) is 0 Å². The van der Waals surface area contributed by atoms with Crippen LogP contribution in [0.5, 0.6) is 0 Å². The summed E-state index contributed by atoms with van der Waals surface area (Å²) in [6.45, 7) is 6.15. The van der Waals surface area contributed by atoms with Gasteiger partial charge in [0.05, 0.1) is 13.0 Å². The molecule has 1 aliphatic rings. The van der Waals surface area contributed by atoms with Crippen molar-refractivity contribution in [2.75, 3.05) is 7.11 Å². The average molecular weight is 509 g/mol. The van der Waals surface area contributed by atoms with Crippen LogP contribution in [0.4, 0.5) is 0 Å². The van der Waals surface area contributed by atoms with Gasteiger partial charge in [-0.15, -0.1) is 0 Å². The minimum atomic E-state index is -0.0854. The number of oxime groups is 4. The van der Waals surface area contributed by atoms with Gasteiger partial charge in [-0.3, -0.25) is 15.9 Å². The quantitative estimate of drug-likeness (QED) is 0.158. The molecule has 0 saturated carbocycles. The fourth-order valence-corrected chi connectivity index (χ4v) is 1.69. The number of nitrogens with zero attached hydrogens (tertiary/aromatic N) is 5. The second kappa shape index (κ2) is 23.4. The molecule has 0 fully saturated rings. The van der Waals surface area contributed by atoms with E-state index in [0.717, 1.165) is 19.3 Å². The van der Waals surface area contributed by atoms with E-state index in [1.165, 1.54) is 34.8 Å². The first-order valence-corrected chi connectivity index (χ1v) is 9.52. The smallest absolute Gasteiger partial charge is 0.308 e. The average Bonchev–Trinajstić information content (AvgIpc) is 2.88. The zero-order chi connectivity index (χ0) is 24.8. The van der Waals surface area contributed by atoms with E-state index in [0.29, 0.717) is 22.8 Å². The van der Waals surface area contributed by atoms with Gasteiger partial charge in [0.2, 0.25) is 0 Å². The number of hydrogen-bond donors (Lipinski definition) is 4. The van der Waals surface area contributed by atoms with Gasteiger partial charge in [0.15, 0.2) is 0 Å². The molecule has 0 bridgehead atoms. The molecule has 0 spiro atoms. The maximum Gasteiger partial charge on any atom is 0.308 e. The van der Waals surface area contributed by atoms with Gasteiger partial charge in [0, 0.05) is 29.2 Å². The minimum Gasteiger partial charge on any atom is -0.501 e. The molecular formula is C21H32CoN5O6-. The molecule has 0 aromatic carbocycles. The standard InChI is InChI=1S/C8H11O2.C5H5N.2C4H8N2O2.Co/c1-10-8(9)7-5-3-2-4-6-7;1-2-4-6-5-3-1;2*1-3(5-7)4(2)6-8;/h3,7H,4-6H2,1H3;1-5H;2*7-8H,1-2H3;/q-1;;;;/b;;2*5-3+,6-4+;. The van der Waals surface area contributed by atoms with Crippen molar-refractivity contribution in [1.82, 2.24) is 4.98 Å². The van der Waals surface area contributed by atoms with Gasteiger partial charge in [-0.25, -0.2) is 0 Å². The summed E-state index contributed by atoms with van der Waals surface area (Å²) in [4.78, 5) is 14.7. The third kappa shape index (κ3) is 19.2. The molecule has 1 unspecified atom stereocenters. The van der Waals surface area contributed by atoms with Gasteiger partial charge >= 0.3 is 5.97 Å². The number of allylic oxidation sites excluding steroid dienone is 2. The van der Waals surface area contributed by atoms with Crippen molar-refractivity contribution in [3.8, 4) is 0 Å². The zero-order valence-corrected chi connectivity index (χ0v) is 20.4. The first-order chi connectivity index (χ1) is 15.3. The van der Waals surface area contributed by atoms with Crippen LogP contribution in [0.1, 0.15) is 47.0 Å². The van der Waals surface area contributed by atoms with E-state index in [4.69, 9.17) is 20.8 Å². The Hall–Kier alpha value is -3.25. The van der Waals surface area contributed by atoms with Crippen LogP contribution >= 0.6 is 0 Å². The second-order valence-corrected chi connectivity index (χ2v) is 6.17. The molecule has 1 aromatic heterocycles. The summed E-state index contributed by atoms with van der Waals surface area (Å²) < 4.78 is 4.60. The number of aromatic nitrogens is 1. The molecule has 1 radical (unpaired) electrons. The number of hydrogen-bond acceptors (Lipinski definition) is 11. The van der Waals surface area contributed by atoms with E-state index in [-0.39, 0.29) is 28.7 Å². The Kier molecular flexibility index (Phi) is 24.4. The Morgan fingerprint density at radius 2 is 1.30 bits per heavy atom. The largest absolute Gasteiger partial charge is 0.501 e. The van der Waals surface area contributed by atoms with Crippen LogP contribution < -0.4 is 0 Å². The molecule has 0 saturated heterocycles. The molecule has 1 aliphatic carbocycles. The Labute approximate surface area is 204 Å². The van der Waals surface area contributed by atoms with E-state index in [1.807, 2.05) is 24.3 Å². The molecule has 12 heteroatoms. The van der Waals surface area contributed by atoms with Crippen LogP contribution in [0.2, 0.25) is 0 Å². The van der Waals surface area contributed by atoms with Gasteiger partial charge < -0.3 is 31.6 Å². The Morgan fingerprint density at radius 1 is 0.879 bits per heavy atom. The third-order valence-corrected chi connectivity index (χ3v) is 3.93. The normalized spacial score (nSPS) is 15.7. The third-order valence-electron chi connectivity index (χ3n) is 3.93. The van der Waals surface area contributed by atoms with Crippen LogP contribution in [0.3, 0.4) is 0 Å². The summed E-state index contributed by atoms with van der Waals surface area (Å²) in [5.74, 6) is 0.00370. The van der Waals surface area contributed by atoms with Gasteiger partial charge in [-0.05, 0) is 39.8 Å². The number of pyridine rings is 1. The van der Waals surface area contributed by atoms with Crippen molar-refractivity contribution in [3.05, 3.63) is 42.7 Å². The van der Waals surface area contributed by atoms with Gasteiger partial charge in [-0.1, -0.05) is 39.5 Å². The topological polar surface area (TPSA) is 170 Å². The van der Waals surface area contributed by atoms with Crippen molar-refractivity contribution in [3.63, 3.8) is 0 Å². The van der Waals surface area contributed by atoms with Gasteiger partial charge in [0.25, 0.3) is 0 Å². The molecule has 33 heavy (non-hydrogen) atoms. The van der Waals surface area contributed by atoms with Crippen molar-refractivity contribution in [2.24, 2.45) is 26.5 Å². The van der Waals surface area contributed by atoms with Crippen LogP contribution in [-0.2, 0) is 26.3 Å². The zero-order valence-electron chi connectivity index (χ0n) is 19.3. The molecule has 1 aromatic rings. The summed E-state index contributed by atoms with van der Waals surface area (Å²) in [6.07, 6.45) is 11.1. The Morgan fingerprint density at radius 3 is 1.52 bits per heavy atom. The molecule has 0 aliphatic heterocycles. The molecule has 11 nitrogen and oxygen atoms in total. The fraction of sp³-hybridized carbons (Fsp3) is 0.429. The number of carbonyl (C=O) groups excluding carboxylic acids is 1. The number of esters is 1. The Balaban J connectivity index is -0.000000365. The van der Waals surface area contributed by atoms with Gasteiger partial charge in [0.1, 0.15) is 22.8 Å². The van der Waals surface area contributed by atoms with Gasteiger partial charge in [-0.2, -0.15) is 6.42 Å². The maximum absolute atomic E-state index is 10.9. The molecule has 2 rings (SSSR count). The number of ether oxygens (including phenoxy) is 1. The molecule has 1 heterocycles. The summed E-state index contributed by atoms with van der Waals surface area (Å²) in [6, 6.07) is 5.72. The van der Waals surface area contributed by atoms with Crippen LogP contribution in [0.15, 0.2) is 57.3 Å². The second-order valence-electron chi connectivity index (χ2n) is 6.17. The fourth-order valence-electron chi connectivity index (χ4n) is 1.69. The molecule has 0 amide bonds. The summed E-state index contributed by atoms with van der Waals surface area (Å²) in [5.41, 5.74) is 1.25. The first-order valence-electron chi connectivity index (χ1n) is 9.52. The summed E-state index contributed by atoms with van der Waals surface area (Å²) in [5, 5.41) is 43.3. The van der Waals surface area contributed by atoms with Crippen molar-refractivity contribution < 1.29 is 47.1 Å². The SMILES string of the molecule is CC(=N\O)/C(C)=N/O.CC(=N\O)/C(C)=N/O.COC(=O)C1CC=[C-]CC1.[Co].c1ccncc1. The molecular weight excluding hydrogens is 477 g/mol. The van der Waals surface area contributed by atoms with E-state index < -0.39 is 0 Å². The van der Waals surface area contributed by atoms with Crippen LogP contribution in [-0.4, -0.2) is 61.7 Å². The molecule has 187 valence electrons. The molecule has 4 N–H and O–H groups in total. The van der Waals surface area contributed by atoms with E-state index in [9.17, 15) is 4.79 Å². The van der Waals surface area contributed by atoms with Crippen molar-refractivity contribution in [2.45, 2.75) is 47.0 Å².